The Morgan fingerprint density at radius 3 is 1.68 bits per heavy atom. The van der Waals surface area contributed by atoms with Gasteiger partial charge in [-0.15, -0.1) is 10.2 Å². The van der Waals surface area contributed by atoms with E-state index in [-0.39, 0.29) is 12.1 Å². The molecule has 10 aromatic rings. The van der Waals surface area contributed by atoms with E-state index >= 15 is 0 Å². The first kappa shape index (κ1) is 40.4. The zero-order chi connectivity index (χ0) is 43.8. The van der Waals surface area contributed by atoms with Crippen LogP contribution in [-0.2, 0) is 18.8 Å². The Kier molecular flexibility index (Phi) is 10.6. The van der Waals surface area contributed by atoms with Gasteiger partial charge in [0.25, 0.3) is 0 Å². The van der Waals surface area contributed by atoms with Crippen LogP contribution in [0.1, 0.15) is 57.8 Å². The molecule has 0 saturated heterocycles. The van der Waals surface area contributed by atoms with Crippen molar-refractivity contribution in [2.75, 3.05) is 0 Å². The molecule has 316 valence electrons. The lowest BCUT2D eigenvalue weighted by Gasteiger charge is -2.19. The lowest BCUT2D eigenvalue weighted by Crippen LogP contribution is -2.26. The van der Waals surface area contributed by atoms with E-state index in [0.29, 0.717) is 11.3 Å². The van der Waals surface area contributed by atoms with E-state index in [9.17, 15) is 4.79 Å². The monoisotopic (exact) mass is 838 g/mol. The van der Waals surface area contributed by atoms with Crippen molar-refractivity contribution in [2.24, 2.45) is 14.1 Å². The molecule has 63 heavy (non-hydrogen) atoms. The summed E-state index contributed by atoms with van der Waals surface area (Å²) in [6.45, 7) is 9.69. The second kappa shape index (κ2) is 16.5. The number of aromatic nitrogens is 14. The minimum atomic E-state index is -0.641. The topological polar surface area (TPSA) is 170 Å². The molecular weight excluding hydrogens is 793 g/mol. The van der Waals surface area contributed by atoms with Gasteiger partial charge in [0, 0.05) is 95.4 Å². The summed E-state index contributed by atoms with van der Waals surface area (Å²) in [5.41, 5.74) is 10.1. The number of aromatic amines is 1. The second-order valence-electron chi connectivity index (χ2n) is 16.5. The highest BCUT2D eigenvalue weighted by Gasteiger charge is 2.24. The maximum absolute atomic E-state index is 13.0. The first-order chi connectivity index (χ1) is 30.4. The van der Waals surface area contributed by atoms with Crippen molar-refractivity contribution in [2.45, 2.75) is 52.3 Å². The Hall–Kier alpha value is -8.01. The summed E-state index contributed by atoms with van der Waals surface area (Å²) in [4.78, 5) is 25.4. The van der Waals surface area contributed by atoms with Gasteiger partial charge in [0.05, 0.1) is 36.9 Å². The smallest absolute Gasteiger partial charge is 0.420 e. The maximum atomic E-state index is 13.0. The average molecular weight is 839 g/mol. The van der Waals surface area contributed by atoms with Gasteiger partial charge in [-0.2, -0.15) is 10.2 Å². The zero-order valence-electron chi connectivity index (χ0n) is 36.0. The van der Waals surface area contributed by atoms with Crippen LogP contribution in [0.5, 0.6) is 0 Å². The van der Waals surface area contributed by atoms with E-state index < -0.39 is 11.7 Å². The maximum Gasteiger partial charge on any atom is 0.420 e. The molecule has 0 bridgehead atoms. The van der Waals surface area contributed by atoms with Crippen LogP contribution in [0.3, 0.4) is 0 Å². The number of nitrogens with one attached hydrogen (secondary N) is 1. The van der Waals surface area contributed by atoms with Crippen LogP contribution < -0.4 is 0 Å². The van der Waals surface area contributed by atoms with E-state index in [4.69, 9.17) is 4.74 Å². The number of rotatable bonds is 8. The van der Waals surface area contributed by atoms with Gasteiger partial charge >= 0.3 is 6.09 Å². The fraction of sp³-hybridized carbons (Fsp3) is 0.213. The predicted molar refractivity (Wildman–Crippen MR) is 240 cm³/mol. The summed E-state index contributed by atoms with van der Waals surface area (Å²) in [5.74, 6) is 0. The number of benzene rings is 2. The van der Waals surface area contributed by atoms with Crippen molar-refractivity contribution in [1.29, 1.82) is 0 Å². The van der Waals surface area contributed by atoms with Crippen LogP contribution in [-0.4, -0.2) is 80.8 Å². The Labute approximate surface area is 362 Å². The molecule has 0 aliphatic rings. The number of ether oxygens (including phenoxy) is 1. The summed E-state index contributed by atoms with van der Waals surface area (Å²) >= 11 is 0. The standard InChI is InChI=1S/C26H27N7O2.C21H19N7/c1-17(18-9-7-6-8-10-18)33-16-23(29-30-33)22-15-32(25(34)35-26(2,3)4)24-21(22)11-19(12-27-24)20-13-28-31(5)14-20;1-14(15-6-4-3-5-7-15)28-13-20(25-26-28)19-11-23-21-18(19)8-16(9-22-21)17-10-24-27(2)12-17/h6-17H,1-5H3;3-14H,1-2H3,(H,22,23). The summed E-state index contributed by atoms with van der Waals surface area (Å²) in [7, 11) is 3.77. The van der Waals surface area contributed by atoms with E-state index in [1.165, 1.54) is 10.1 Å². The average Bonchev–Trinajstić information content (AvgIpc) is 4.15. The molecule has 0 radical (unpaired) electrons. The molecule has 0 saturated carbocycles. The molecule has 0 spiro atoms. The SMILES string of the molecule is CC(c1ccccc1)n1cc(-c2c[nH]c3ncc(-c4cnn(C)c4)cc23)nn1.CC(c1ccccc1)n1cc(-c2cn(C(=O)OC(C)(C)C)c3ncc(-c4cnn(C)c4)cc23)nn1. The number of carbonyl (C=O) groups excluding carboxylic acids is 1. The van der Waals surface area contributed by atoms with Gasteiger partial charge in [-0.25, -0.2) is 28.7 Å². The molecule has 16 heteroatoms. The number of carbonyl (C=O) groups is 1. The number of H-pyrrole nitrogens is 1. The third-order valence-corrected chi connectivity index (χ3v) is 10.8. The normalized spacial score (nSPS) is 12.6. The first-order valence-electron chi connectivity index (χ1n) is 20.5. The molecule has 8 aromatic heterocycles. The number of hydrogen-bond acceptors (Lipinski definition) is 10. The van der Waals surface area contributed by atoms with Crippen molar-refractivity contribution in [3.8, 4) is 44.8 Å². The van der Waals surface area contributed by atoms with E-state index in [1.807, 2.05) is 130 Å². The van der Waals surface area contributed by atoms with Gasteiger partial charge in [-0.1, -0.05) is 71.1 Å². The Balaban J connectivity index is 0.000000164. The number of hydrogen-bond donors (Lipinski definition) is 1. The third kappa shape index (κ3) is 8.38. The molecule has 8 heterocycles. The lowest BCUT2D eigenvalue weighted by atomic mass is 10.1. The number of nitrogens with zero attached hydrogens (tertiary/aromatic N) is 13. The van der Waals surface area contributed by atoms with Crippen molar-refractivity contribution in [3.63, 3.8) is 0 Å². The van der Waals surface area contributed by atoms with Crippen LogP contribution in [0.25, 0.3) is 66.8 Å². The molecule has 0 amide bonds. The van der Waals surface area contributed by atoms with E-state index in [1.54, 1.807) is 28.0 Å². The van der Waals surface area contributed by atoms with Gasteiger partial charge in [0.15, 0.2) is 0 Å². The molecule has 2 unspecified atom stereocenters. The Morgan fingerprint density at radius 1 is 0.635 bits per heavy atom. The molecule has 2 atom stereocenters. The van der Waals surface area contributed by atoms with Crippen molar-refractivity contribution < 1.29 is 9.53 Å². The van der Waals surface area contributed by atoms with Crippen LogP contribution in [0.4, 0.5) is 4.79 Å². The Morgan fingerprint density at radius 2 is 1.16 bits per heavy atom. The van der Waals surface area contributed by atoms with Gasteiger partial charge in [-0.05, 0) is 57.9 Å². The fourth-order valence-electron chi connectivity index (χ4n) is 7.38. The van der Waals surface area contributed by atoms with Crippen molar-refractivity contribution >= 4 is 28.2 Å². The van der Waals surface area contributed by atoms with Gasteiger partial charge in [0.2, 0.25) is 0 Å². The molecule has 1 N–H and O–H groups in total. The largest absolute Gasteiger partial charge is 0.443 e. The van der Waals surface area contributed by atoms with Gasteiger partial charge < -0.3 is 9.72 Å². The van der Waals surface area contributed by atoms with E-state index in [0.717, 1.165) is 61.1 Å². The first-order valence-corrected chi connectivity index (χ1v) is 20.5. The predicted octanol–water partition coefficient (Wildman–Crippen LogP) is 8.92. The molecule has 0 aliphatic heterocycles. The highest BCUT2D eigenvalue weighted by molar-refractivity contribution is 5.99. The summed E-state index contributed by atoms with van der Waals surface area (Å²) in [6, 6.07) is 24.6. The second-order valence-corrected chi connectivity index (χ2v) is 16.5. The Bertz CT molecular complexity index is 3180. The minimum absolute atomic E-state index is 0.000680. The molecule has 0 aliphatic carbocycles. The lowest BCUT2D eigenvalue weighted by molar-refractivity contribution is 0.0543. The molecule has 10 rings (SSSR count). The van der Waals surface area contributed by atoms with Crippen molar-refractivity contribution in [3.05, 3.63) is 146 Å². The summed E-state index contributed by atoms with van der Waals surface area (Å²) in [5, 5.41) is 27.9. The van der Waals surface area contributed by atoms with Gasteiger partial charge in [0.1, 0.15) is 28.3 Å². The fourth-order valence-corrected chi connectivity index (χ4v) is 7.38. The van der Waals surface area contributed by atoms with Crippen LogP contribution >= 0.6 is 0 Å². The van der Waals surface area contributed by atoms with Crippen LogP contribution in [0.2, 0.25) is 0 Å². The number of pyridine rings is 2. The summed E-state index contributed by atoms with van der Waals surface area (Å²) in [6.07, 6.45) is 18.1. The molecule has 16 nitrogen and oxygen atoms in total. The zero-order valence-corrected chi connectivity index (χ0v) is 36.0. The quantitative estimate of drug-likeness (QED) is 0.156. The van der Waals surface area contributed by atoms with E-state index in [2.05, 4.69) is 90.0 Å². The van der Waals surface area contributed by atoms with Gasteiger partial charge in [-0.3, -0.25) is 9.36 Å². The van der Waals surface area contributed by atoms with Crippen LogP contribution in [0, 0.1) is 0 Å². The molecular formula is C47H46N14O2. The third-order valence-electron chi connectivity index (χ3n) is 10.8. The number of aryl methyl sites for hydroxylation is 2. The minimum Gasteiger partial charge on any atom is -0.443 e. The highest BCUT2D eigenvalue weighted by atomic mass is 16.6. The number of fused-ring (bicyclic) bond motifs is 2. The molecule has 2 aromatic carbocycles. The highest BCUT2D eigenvalue weighted by Crippen LogP contribution is 2.34. The summed E-state index contributed by atoms with van der Waals surface area (Å²) < 4.78 is 14.3. The molecule has 0 fully saturated rings. The van der Waals surface area contributed by atoms with Crippen molar-refractivity contribution in [1.82, 2.24) is 69.1 Å². The van der Waals surface area contributed by atoms with Crippen LogP contribution in [0.15, 0.2) is 135 Å².